The molecular formula is C15H22O3. The molecule has 0 bridgehead atoms. The summed E-state index contributed by atoms with van der Waals surface area (Å²) in [5.74, 6) is 1.07. The van der Waals surface area contributed by atoms with Crippen molar-refractivity contribution in [2.45, 2.75) is 46.5 Å². The summed E-state index contributed by atoms with van der Waals surface area (Å²) in [4.78, 5) is 23.4. The van der Waals surface area contributed by atoms with Crippen molar-refractivity contribution in [1.29, 1.82) is 0 Å². The van der Waals surface area contributed by atoms with E-state index in [-0.39, 0.29) is 11.7 Å². The van der Waals surface area contributed by atoms with Gasteiger partial charge in [-0.2, -0.15) is 0 Å². The highest BCUT2D eigenvalue weighted by molar-refractivity contribution is 5.95. The molecule has 0 saturated carbocycles. The van der Waals surface area contributed by atoms with Gasteiger partial charge in [-0.1, -0.05) is 20.8 Å². The Morgan fingerprint density at radius 2 is 1.94 bits per heavy atom. The van der Waals surface area contributed by atoms with Gasteiger partial charge in [-0.25, -0.2) is 0 Å². The second-order valence-corrected chi connectivity index (χ2v) is 5.42. The van der Waals surface area contributed by atoms with Gasteiger partial charge < -0.3 is 4.42 Å². The minimum atomic E-state index is 0.0897. The molecule has 1 aromatic rings. The Bertz CT molecular complexity index is 376. The average Bonchev–Trinajstić information content (AvgIpc) is 2.77. The molecule has 0 N–H and O–H groups in total. The van der Waals surface area contributed by atoms with Crippen molar-refractivity contribution in [3.05, 3.63) is 24.2 Å². The molecule has 1 aromatic heterocycles. The summed E-state index contributed by atoms with van der Waals surface area (Å²) >= 11 is 0. The Balaban J connectivity index is 2.27. The van der Waals surface area contributed by atoms with E-state index in [1.165, 1.54) is 12.5 Å². The molecule has 100 valence electrons. The Labute approximate surface area is 109 Å². The quantitative estimate of drug-likeness (QED) is 0.658. The van der Waals surface area contributed by atoms with Crippen LogP contribution in [0, 0.1) is 11.8 Å². The molecule has 0 aliphatic heterocycles. The maximum absolute atomic E-state index is 11.7. The third-order valence-electron chi connectivity index (χ3n) is 2.92. The first-order valence-electron chi connectivity index (χ1n) is 6.56. The van der Waals surface area contributed by atoms with Gasteiger partial charge in [-0.3, -0.25) is 9.59 Å². The van der Waals surface area contributed by atoms with Crippen LogP contribution in [0.15, 0.2) is 23.0 Å². The number of ketones is 2. The van der Waals surface area contributed by atoms with Crippen LogP contribution in [0.3, 0.4) is 0 Å². The highest BCUT2D eigenvalue weighted by Gasteiger charge is 2.13. The van der Waals surface area contributed by atoms with E-state index >= 15 is 0 Å². The summed E-state index contributed by atoms with van der Waals surface area (Å²) in [5.41, 5.74) is 0.621. The molecule has 0 radical (unpaired) electrons. The summed E-state index contributed by atoms with van der Waals surface area (Å²) in [5, 5.41) is 0. The lowest BCUT2D eigenvalue weighted by molar-refractivity contribution is -0.120. The molecule has 0 aliphatic rings. The van der Waals surface area contributed by atoms with Crippen LogP contribution >= 0.6 is 0 Å². The fourth-order valence-corrected chi connectivity index (χ4v) is 1.97. The first-order chi connectivity index (χ1) is 8.49. The molecule has 3 heteroatoms. The molecule has 1 rings (SSSR count). The molecule has 0 fully saturated rings. The molecule has 0 amide bonds. The Hall–Kier alpha value is -1.38. The zero-order valence-corrected chi connectivity index (χ0v) is 11.4. The maximum Gasteiger partial charge on any atom is 0.166 e. The molecule has 0 aliphatic carbocycles. The fraction of sp³-hybridized carbons (Fsp3) is 0.600. The van der Waals surface area contributed by atoms with Gasteiger partial charge in [-0.05, 0) is 24.3 Å². The van der Waals surface area contributed by atoms with Crippen molar-refractivity contribution < 1.29 is 14.0 Å². The van der Waals surface area contributed by atoms with Gasteiger partial charge in [0.1, 0.15) is 12.0 Å². The van der Waals surface area contributed by atoms with Crippen LogP contribution in [-0.4, -0.2) is 11.6 Å². The molecule has 0 aromatic carbocycles. The smallest absolute Gasteiger partial charge is 0.166 e. The van der Waals surface area contributed by atoms with Crippen LogP contribution in [0.2, 0.25) is 0 Å². The van der Waals surface area contributed by atoms with Gasteiger partial charge in [0.25, 0.3) is 0 Å². The lowest BCUT2D eigenvalue weighted by Gasteiger charge is -2.10. The highest BCUT2D eigenvalue weighted by atomic mass is 16.3. The molecule has 1 atom stereocenters. The van der Waals surface area contributed by atoms with Crippen LogP contribution in [-0.2, 0) is 4.79 Å². The molecule has 0 saturated heterocycles. The third kappa shape index (κ3) is 5.30. The zero-order valence-electron chi connectivity index (χ0n) is 11.4. The Morgan fingerprint density at radius 1 is 1.22 bits per heavy atom. The summed E-state index contributed by atoms with van der Waals surface area (Å²) in [7, 11) is 0. The maximum atomic E-state index is 11.7. The fourth-order valence-electron chi connectivity index (χ4n) is 1.97. The van der Waals surface area contributed by atoms with Crippen LogP contribution < -0.4 is 0 Å². The first-order valence-corrected chi connectivity index (χ1v) is 6.56. The van der Waals surface area contributed by atoms with Gasteiger partial charge >= 0.3 is 0 Å². The van der Waals surface area contributed by atoms with Gasteiger partial charge in [-0.15, -0.1) is 0 Å². The second kappa shape index (κ2) is 7.14. The SMILES string of the molecule is CC(C)CC(=O)CC(C)CCC(=O)c1ccoc1. The predicted octanol–water partition coefficient (Wildman–Crippen LogP) is 3.88. The molecule has 18 heavy (non-hydrogen) atoms. The Kier molecular flexibility index (Phi) is 5.83. The van der Waals surface area contributed by atoms with Crippen LogP contribution in [0.1, 0.15) is 56.8 Å². The monoisotopic (exact) mass is 250 g/mol. The number of carbonyl (C=O) groups excluding carboxylic acids is 2. The van der Waals surface area contributed by atoms with Crippen LogP contribution in [0.25, 0.3) is 0 Å². The number of carbonyl (C=O) groups is 2. The molecule has 1 unspecified atom stereocenters. The number of Topliss-reactive ketones (excluding diaryl/α,β-unsaturated/α-hetero) is 2. The highest BCUT2D eigenvalue weighted by Crippen LogP contribution is 2.16. The molecule has 0 spiro atoms. The minimum absolute atomic E-state index is 0.0897. The van der Waals surface area contributed by atoms with E-state index in [1.807, 2.05) is 20.8 Å². The van der Waals surface area contributed by atoms with Crippen LogP contribution in [0.5, 0.6) is 0 Å². The first kappa shape index (κ1) is 14.7. The third-order valence-corrected chi connectivity index (χ3v) is 2.92. The minimum Gasteiger partial charge on any atom is -0.472 e. The zero-order chi connectivity index (χ0) is 13.5. The van der Waals surface area contributed by atoms with E-state index < -0.39 is 0 Å². The second-order valence-electron chi connectivity index (χ2n) is 5.42. The van der Waals surface area contributed by atoms with Crippen LogP contribution in [0.4, 0.5) is 0 Å². The average molecular weight is 250 g/mol. The summed E-state index contributed by atoms with van der Waals surface area (Å²) in [6.07, 6.45) is 5.43. The van der Waals surface area contributed by atoms with E-state index in [1.54, 1.807) is 6.07 Å². The van der Waals surface area contributed by atoms with Gasteiger partial charge in [0.15, 0.2) is 5.78 Å². The van der Waals surface area contributed by atoms with E-state index in [0.717, 1.165) is 6.42 Å². The molecule has 1 heterocycles. The van der Waals surface area contributed by atoms with Crippen molar-refractivity contribution in [3.8, 4) is 0 Å². The topological polar surface area (TPSA) is 47.3 Å². The van der Waals surface area contributed by atoms with Crippen molar-refractivity contribution in [2.24, 2.45) is 11.8 Å². The number of hydrogen-bond donors (Lipinski definition) is 0. The molecule has 3 nitrogen and oxygen atoms in total. The number of rotatable bonds is 8. The van der Waals surface area contributed by atoms with Crippen molar-refractivity contribution in [2.75, 3.05) is 0 Å². The van der Waals surface area contributed by atoms with Crippen molar-refractivity contribution >= 4 is 11.6 Å². The summed E-state index contributed by atoms with van der Waals surface area (Å²) in [6.45, 7) is 6.12. The van der Waals surface area contributed by atoms with Crippen molar-refractivity contribution in [3.63, 3.8) is 0 Å². The van der Waals surface area contributed by atoms with Gasteiger partial charge in [0, 0.05) is 19.3 Å². The van der Waals surface area contributed by atoms with E-state index in [0.29, 0.717) is 36.5 Å². The largest absolute Gasteiger partial charge is 0.472 e. The standard InChI is InChI=1S/C15H22O3/c1-11(2)8-14(16)9-12(3)4-5-15(17)13-6-7-18-10-13/h6-7,10-12H,4-5,8-9H2,1-3H3. The van der Waals surface area contributed by atoms with Crippen molar-refractivity contribution in [1.82, 2.24) is 0 Å². The molecular weight excluding hydrogens is 228 g/mol. The lowest BCUT2D eigenvalue weighted by atomic mass is 9.93. The lowest BCUT2D eigenvalue weighted by Crippen LogP contribution is -2.10. The van der Waals surface area contributed by atoms with Gasteiger partial charge in [0.05, 0.1) is 11.8 Å². The van der Waals surface area contributed by atoms with E-state index in [2.05, 4.69) is 0 Å². The van der Waals surface area contributed by atoms with E-state index in [4.69, 9.17) is 4.42 Å². The summed E-state index contributed by atoms with van der Waals surface area (Å²) in [6, 6.07) is 1.68. The normalized spacial score (nSPS) is 12.7. The summed E-state index contributed by atoms with van der Waals surface area (Å²) < 4.78 is 4.88. The Morgan fingerprint density at radius 3 is 2.50 bits per heavy atom. The van der Waals surface area contributed by atoms with E-state index in [9.17, 15) is 9.59 Å². The van der Waals surface area contributed by atoms with Gasteiger partial charge in [0.2, 0.25) is 0 Å². The number of hydrogen-bond acceptors (Lipinski definition) is 3. The predicted molar refractivity (Wildman–Crippen MR) is 70.5 cm³/mol. The number of furan rings is 1.